The summed E-state index contributed by atoms with van der Waals surface area (Å²) in [6.45, 7) is 5.81. The van der Waals surface area contributed by atoms with Crippen molar-refractivity contribution in [3.8, 4) is 23.2 Å². The second-order valence-electron chi connectivity index (χ2n) is 7.35. The minimum atomic E-state index is -0.246. The fraction of sp³-hybridized carbons (Fsp3) is 0.167. The van der Waals surface area contributed by atoms with Crippen molar-refractivity contribution in [1.82, 2.24) is 20.0 Å². The summed E-state index contributed by atoms with van der Waals surface area (Å²) >= 11 is 0. The molecule has 162 valence electrons. The van der Waals surface area contributed by atoms with E-state index < -0.39 is 0 Å². The summed E-state index contributed by atoms with van der Waals surface area (Å²) in [4.78, 5) is 12.1. The third-order valence-corrected chi connectivity index (χ3v) is 4.60. The Kier molecular flexibility index (Phi) is 6.12. The Bertz CT molecular complexity index is 1200. The Hall–Kier alpha value is -4.20. The van der Waals surface area contributed by atoms with Crippen LogP contribution in [0.25, 0.3) is 5.82 Å². The highest BCUT2D eigenvalue weighted by atomic mass is 16.5. The van der Waals surface area contributed by atoms with Crippen LogP contribution in [0.3, 0.4) is 0 Å². The summed E-state index contributed by atoms with van der Waals surface area (Å²) in [5.41, 5.74) is 3.67. The number of hydrogen-bond acceptors (Lipinski definition) is 6. The molecule has 0 fully saturated rings. The van der Waals surface area contributed by atoms with E-state index in [1.54, 1.807) is 41.1 Å². The van der Waals surface area contributed by atoms with Gasteiger partial charge in [0.05, 0.1) is 5.69 Å². The van der Waals surface area contributed by atoms with E-state index in [9.17, 15) is 4.79 Å². The Labute approximate surface area is 185 Å². The third-order valence-electron chi connectivity index (χ3n) is 4.60. The van der Waals surface area contributed by atoms with Crippen molar-refractivity contribution in [1.29, 1.82) is 0 Å². The van der Waals surface area contributed by atoms with Crippen molar-refractivity contribution in [2.45, 2.75) is 20.8 Å². The summed E-state index contributed by atoms with van der Waals surface area (Å²) < 4.78 is 13.0. The van der Waals surface area contributed by atoms with Gasteiger partial charge in [-0.05, 0) is 69.3 Å². The summed E-state index contributed by atoms with van der Waals surface area (Å²) in [6.07, 6.45) is 0. The molecule has 0 aliphatic heterocycles. The fourth-order valence-electron chi connectivity index (χ4n) is 3.05. The van der Waals surface area contributed by atoms with E-state index in [1.165, 1.54) is 0 Å². The van der Waals surface area contributed by atoms with Gasteiger partial charge in [-0.15, -0.1) is 10.2 Å². The lowest BCUT2D eigenvalue weighted by molar-refractivity contribution is -0.118. The third kappa shape index (κ3) is 5.28. The highest BCUT2D eigenvalue weighted by Gasteiger charge is 2.08. The van der Waals surface area contributed by atoms with Gasteiger partial charge >= 0.3 is 0 Å². The van der Waals surface area contributed by atoms with Crippen LogP contribution in [-0.2, 0) is 4.79 Å². The van der Waals surface area contributed by atoms with Gasteiger partial charge in [-0.1, -0.05) is 17.7 Å². The number of aryl methyl sites for hydroxylation is 3. The molecule has 0 bridgehead atoms. The molecule has 8 heteroatoms. The number of carbonyl (C=O) groups excluding carboxylic acids is 1. The molecule has 0 saturated heterocycles. The molecule has 2 aromatic carbocycles. The maximum absolute atomic E-state index is 12.1. The summed E-state index contributed by atoms with van der Waals surface area (Å²) in [6, 6.07) is 20.0. The number of carbonyl (C=O) groups is 1. The zero-order chi connectivity index (χ0) is 22.5. The highest BCUT2D eigenvalue weighted by Crippen LogP contribution is 2.22. The molecule has 8 nitrogen and oxygen atoms in total. The lowest BCUT2D eigenvalue weighted by atomic mass is 10.2. The number of hydrogen-bond donors (Lipinski definition) is 1. The first-order valence-corrected chi connectivity index (χ1v) is 10.1. The van der Waals surface area contributed by atoms with Crippen LogP contribution in [0.15, 0.2) is 66.7 Å². The van der Waals surface area contributed by atoms with Crippen LogP contribution < -0.4 is 14.8 Å². The van der Waals surface area contributed by atoms with Gasteiger partial charge in [0.15, 0.2) is 12.4 Å². The molecule has 0 atom stereocenters. The summed E-state index contributed by atoms with van der Waals surface area (Å²) in [7, 11) is 0. The molecule has 1 N–H and O–H groups in total. The SMILES string of the molecule is Cc1ccc(OCC(=O)Nc2ccc(Oc3ccc(-n4nc(C)cc4C)nn3)cc2)cc1. The number of rotatable bonds is 7. The van der Waals surface area contributed by atoms with E-state index in [-0.39, 0.29) is 12.5 Å². The number of aromatic nitrogens is 4. The van der Waals surface area contributed by atoms with Crippen LogP contribution >= 0.6 is 0 Å². The predicted molar refractivity (Wildman–Crippen MR) is 120 cm³/mol. The minimum Gasteiger partial charge on any atom is -0.484 e. The molecule has 0 aliphatic carbocycles. The molecule has 0 saturated carbocycles. The average molecular weight is 429 g/mol. The van der Waals surface area contributed by atoms with Crippen molar-refractivity contribution in [3.63, 3.8) is 0 Å². The Morgan fingerprint density at radius 2 is 1.62 bits per heavy atom. The average Bonchev–Trinajstić information content (AvgIpc) is 3.13. The molecular weight excluding hydrogens is 406 g/mol. The van der Waals surface area contributed by atoms with Gasteiger partial charge in [0, 0.05) is 17.4 Å². The second-order valence-corrected chi connectivity index (χ2v) is 7.35. The fourth-order valence-corrected chi connectivity index (χ4v) is 3.05. The van der Waals surface area contributed by atoms with Crippen molar-refractivity contribution in [2.75, 3.05) is 11.9 Å². The molecule has 4 rings (SSSR count). The standard InChI is InChI=1S/C24H23N5O3/c1-16-4-8-20(9-5-16)31-15-23(30)25-19-6-10-21(11-7-19)32-24-13-12-22(26-27-24)29-18(3)14-17(2)28-29/h4-14H,15H2,1-3H3,(H,25,30). The van der Waals surface area contributed by atoms with Crippen molar-refractivity contribution >= 4 is 11.6 Å². The van der Waals surface area contributed by atoms with Crippen molar-refractivity contribution < 1.29 is 14.3 Å². The van der Waals surface area contributed by atoms with Crippen LogP contribution in [0, 0.1) is 20.8 Å². The van der Waals surface area contributed by atoms with Gasteiger partial charge in [-0.25, -0.2) is 4.68 Å². The van der Waals surface area contributed by atoms with Crippen LogP contribution in [0.2, 0.25) is 0 Å². The maximum Gasteiger partial charge on any atom is 0.262 e. The van der Waals surface area contributed by atoms with Gasteiger partial charge in [0.1, 0.15) is 11.5 Å². The first kappa shape index (κ1) is 21.0. The van der Waals surface area contributed by atoms with Gasteiger partial charge in [-0.2, -0.15) is 5.10 Å². The highest BCUT2D eigenvalue weighted by molar-refractivity contribution is 5.91. The Morgan fingerprint density at radius 1 is 0.906 bits per heavy atom. The van der Waals surface area contributed by atoms with E-state index in [1.807, 2.05) is 51.1 Å². The molecule has 0 spiro atoms. The monoisotopic (exact) mass is 429 g/mol. The van der Waals surface area contributed by atoms with E-state index >= 15 is 0 Å². The van der Waals surface area contributed by atoms with E-state index in [0.717, 1.165) is 17.0 Å². The molecule has 2 aromatic heterocycles. The first-order valence-electron chi connectivity index (χ1n) is 10.1. The zero-order valence-corrected chi connectivity index (χ0v) is 18.1. The number of amides is 1. The molecule has 0 aliphatic rings. The largest absolute Gasteiger partial charge is 0.484 e. The quantitative estimate of drug-likeness (QED) is 0.468. The molecule has 0 unspecified atom stereocenters. The number of nitrogens with zero attached hydrogens (tertiary/aromatic N) is 4. The van der Waals surface area contributed by atoms with Gasteiger partial charge in [0.25, 0.3) is 5.91 Å². The Balaban J connectivity index is 1.31. The van der Waals surface area contributed by atoms with Crippen molar-refractivity contribution in [2.24, 2.45) is 0 Å². The van der Waals surface area contributed by atoms with E-state index in [0.29, 0.717) is 28.9 Å². The Morgan fingerprint density at radius 3 is 2.25 bits per heavy atom. The molecule has 4 aromatic rings. The molecule has 1 amide bonds. The minimum absolute atomic E-state index is 0.0709. The molecule has 0 radical (unpaired) electrons. The topological polar surface area (TPSA) is 91.2 Å². The molecule has 32 heavy (non-hydrogen) atoms. The normalized spacial score (nSPS) is 10.6. The molecule has 2 heterocycles. The number of ether oxygens (including phenoxy) is 2. The second kappa shape index (κ2) is 9.30. The first-order chi connectivity index (χ1) is 15.5. The van der Waals surface area contributed by atoms with Crippen LogP contribution in [0.4, 0.5) is 5.69 Å². The number of anilines is 1. The maximum atomic E-state index is 12.1. The van der Waals surface area contributed by atoms with Crippen LogP contribution in [0.1, 0.15) is 17.0 Å². The van der Waals surface area contributed by atoms with E-state index in [4.69, 9.17) is 9.47 Å². The number of benzene rings is 2. The summed E-state index contributed by atoms with van der Waals surface area (Å²) in [5.74, 6) is 1.96. The van der Waals surface area contributed by atoms with Crippen molar-refractivity contribution in [3.05, 3.63) is 83.7 Å². The van der Waals surface area contributed by atoms with Gasteiger partial charge in [-0.3, -0.25) is 4.79 Å². The lowest BCUT2D eigenvalue weighted by Crippen LogP contribution is -2.20. The van der Waals surface area contributed by atoms with Crippen LogP contribution in [-0.4, -0.2) is 32.5 Å². The van der Waals surface area contributed by atoms with Gasteiger partial charge < -0.3 is 14.8 Å². The predicted octanol–water partition coefficient (Wildman–Crippen LogP) is 4.40. The lowest BCUT2D eigenvalue weighted by Gasteiger charge is -2.09. The zero-order valence-electron chi connectivity index (χ0n) is 18.1. The van der Waals surface area contributed by atoms with Crippen LogP contribution in [0.5, 0.6) is 17.4 Å². The van der Waals surface area contributed by atoms with E-state index in [2.05, 4.69) is 20.6 Å². The number of nitrogens with one attached hydrogen (secondary N) is 1. The molecular formula is C24H23N5O3. The van der Waals surface area contributed by atoms with Gasteiger partial charge in [0.2, 0.25) is 5.88 Å². The smallest absolute Gasteiger partial charge is 0.262 e. The summed E-state index contributed by atoms with van der Waals surface area (Å²) in [5, 5.41) is 15.5.